The molecule has 8 heteroatoms. The van der Waals surface area contributed by atoms with E-state index < -0.39 is 32.5 Å². The summed E-state index contributed by atoms with van der Waals surface area (Å²) >= 11 is 0. The summed E-state index contributed by atoms with van der Waals surface area (Å²) in [6.45, 7) is 0. The quantitative estimate of drug-likeness (QED) is 0.903. The van der Waals surface area contributed by atoms with Gasteiger partial charge in [0.25, 0.3) is 15.9 Å². The molecule has 21 heavy (non-hydrogen) atoms. The first-order valence-electron chi connectivity index (χ1n) is 5.67. The van der Waals surface area contributed by atoms with Crippen molar-refractivity contribution < 1.29 is 22.0 Å². The standard InChI is InChI=1S/C13H10F2N2O3S/c14-8-5-9(15)7-10(6-8)21(19,20)17-12-4-2-1-3-11(12)13(16)18/h1-7,17H,(H2,16,18). The molecule has 2 rings (SSSR count). The summed E-state index contributed by atoms with van der Waals surface area (Å²) in [6, 6.07) is 7.50. The van der Waals surface area contributed by atoms with E-state index in [0.717, 1.165) is 0 Å². The zero-order valence-corrected chi connectivity index (χ0v) is 11.3. The molecule has 0 fully saturated rings. The minimum absolute atomic E-state index is 0.0575. The highest BCUT2D eigenvalue weighted by molar-refractivity contribution is 7.92. The van der Waals surface area contributed by atoms with Gasteiger partial charge in [0.15, 0.2) is 0 Å². The Labute approximate surface area is 119 Å². The highest BCUT2D eigenvalue weighted by Gasteiger charge is 2.19. The number of anilines is 1. The normalized spacial score (nSPS) is 11.1. The molecule has 0 heterocycles. The van der Waals surface area contributed by atoms with Gasteiger partial charge in [-0.05, 0) is 24.3 Å². The molecule has 1 amide bonds. The molecular formula is C13H10F2N2O3S. The van der Waals surface area contributed by atoms with Gasteiger partial charge in [-0.2, -0.15) is 0 Å². The second-order valence-electron chi connectivity index (χ2n) is 4.12. The maximum absolute atomic E-state index is 13.1. The van der Waals surface area contributed by atoms with Crippen LogP contribution in [0.4, 0.5) is 14.5 Å². The fourth-order valence-electron chi connectivity index (χ4n) is 1.67. The lowest BCUT2D eigenvalue weighted by molar-refractivity contribution is 0.100. The highest BCUT2D eigenvalue weighted by Crippen LogP contribution is 2.21. The number of carbonyl (C=O) groups is 1. The van der Waals surface area contributed by atoms with Crippen LogP contribution in [0.15, 0.2) is 47.4 Å². The van der Waals surface area contributed by atoms with E-state index in [4.69, 9.17) is 5.73 Å². The van der Waals surface area contributed by atoms with Gasteiger partial charge in [-0.3, -0.25) is 9.52 Å². The van der Waals surface area contributed by atoms with Gasteiger partial charge < -0.3 is 5.73 Å². The number of halogens is 2. The van der Waals surface area contributed by atoms with Crippen molar-refractivity contribution in [3.05, 3.63) is 59.7 Å². The number of carbonyl (C=O) groups excluding carboxylic acids is 1. The van der Waals surface area contributed by atoms with Gasteiger partial charge >= 0.3 is 0 Å². The van der Waals surface area contributed by atoms with Crippen molar-refractivity contribution in [3.8, 4) is 0 Å². The van der Waals surface area contributed by atoms with Crippen molar-refractivity contribution in [1.29, 1.82) is 0 Å². The van der Waals surface area contributed by atoms with Gasteiger partial charge in [0.1, 0.15) is 11.6 Å². The van der Waals surface area contributed by atoms with Crippen LogP contribution in [0.5, 0.6) is 0 Å². The smallest absolute Gasteiger partial charge is 0.262 e. The summed E-state index contributed by atoms with van der Waals surface area (Å²) in [5, 5.41) is 0. The molecule has 0 bridgehead atoms. The van der Waals surface area contributed by atoms with E-state index >= 15 is 0 Å². The number of benzene rings is 2. The average molecular weight is 312 g/mol. The summed E-state index contributed by atoms with van der Waals surface area (Å²) < 4.78 is 52.4. The maximum Gasteiger partial charge on any atom is 0.262 e. The zero-order valence-electron chi connectivity index (χ0n) is 10.5. The van der Waals surface area contributed by atoms with Crippen LogP contribution in [-0.2, 0) is 10.0 Å². The molecule has 0 unspecified atom stereocenters. The third kappa shape index (κ3) is 3.34. The molecule has 2 aromatic carbocycles. The van der Waals surface area contributed by atoms with Gasteiger partial charge in [-0.1, -0.05) is 12.1 Å². The van der Waals surface area contributed by atoms with E-state index in [-0.39, 0.29) is 11.3 Å². The Bertz CT molecular complexity index is 787. The molecule has 0 saturated carbocycles. The first-order valence-corrected chi connectivity index (χ1v) is 7.15. The largest absolute Gasteiger partial charge is 0.366 e. The molecule has 0 atom stereocenters. The number of nitrogens with one attached hydrogen (secondary N) is 1. The van der Waals surface area contributed by atoms with Gasteiger partial charge in [0.05, 0.1) is 16.1 Å². The number of nitrogens with two attached hydrogens (primary N) is 1. The van der Waals surface area contributed by atoms with E-state index in [1.807, 2.05) is 0 Å². The van der Waals surface area contributed by atoms with Crippen LogP contribution in [-0.4, -0.2) is 14.3 Å². The summed E-state index contributed by atoms with van der Waals surface area (Å²) in [6.07, 6.45) is 0. The monoisotopic (exact) mass is 312 g/mol. The third-order valence-corrected chi connectivity index (χ3v) is 3.93. The Morgan fingerprint density at radius 3 is 2.19 bits per heavy atom. The molecule has 2 aromatic rings. The number of amides is 1. The van der Waals surface area contributed by atoms with Gasteiger partial charge in [0.2, 0.25) is 0 Å². The molecule has 0 aliphatic carbocycles. The first-order chi connectivity index (χ1) is 9.79. The highest BCUT2D eigenvalue weighted by atomic mass is 32.2. The molecule has 0 aliphatic heterocycles. The topological polar surface area (TPSA) is 89.3 Å². The molecule has 5 nitrogen and oxygen atoms in total. The third-order valence-electron chi connectivity index (χ3n) is 2.58. The second kappa shape index (κ2) is 5.49. The second-order valence-corrected chi connectivity index (χ2v) is 5.80. The van der Waals surface area contributed by atoms with E-state index in [1.165, 1.54) is 24.3 Å². The molecule has 110 valence electrons. The van der Waals surface area contributed by atoms with Crippen LogP contribution < -0.4 is 10.5 Å². The Balaban J connectivity index is 2.45. The first kappa shape index (κ1) is 14.9. The van der Waals surface area contributed by atoms with Crippen molar-refractivity contribution in [2.24, 2.45) is 5.73 Å². The molecule has 0 spiro atoms. The Morgan fingerprint density at radius 2 is 1.62 bits per heavy atom. The lowest BCUT2D eigenvalue weighted by Crippen LogP contribution is -2.18. The summed E-state index contributed by atoms with van der Waals surface area (Å²) in [5.41, 5.74) is 4.99. The lowest BCUT2D eigenvalue weighted by atomic mass is 10.2. The minimum Gasteiger partial charge on any atom is -0.366 e. The Morgan fingerprint density at radius 1 is 1.05 bits per heavy atom. The molecule has 0 aromatic heterocycles. The molecule has 0 radical (unpaired) electrons. The van der Waals surface area contributed by atoms with Crippen molar-refractivity contribution in [2.75, 3.05) is 4.72 Å². The van der Waals surface area contributed by atoms with Crippen LogP contribution in [0.1, 0.15) is 10.4 Å². The zero-order chi connectivity index (χ0) is 15.6. The number of primary amides is 1. The van der Waals surface area contributed by atoms with Crippen LogP contribution in [0.2, 0.25) is 0 Å². The molecule has 3 N–H and O–H groups in total. The van der Waals surface area contributed by atoms with E-state index in [2.05, 4.69) is 4.72 Å². The van der Waals surface area contributed by atoms with E-state index in [0.29, 0.717) is 18.2 Å². The number of rotatable bonds is 4. The predicted molar refractivity (Wildman–Crippen MR) is 72.1 cm³/mol. The van der Waals surface area contributed by atoms with Crippen molar-refractivity contribution in [3.63, 3.8) is 0 Å². The van der Waals surface area contributed by atoms with E-state index in [9.17, 15) is 22.0 Å². The van der Waals surface area contributed by atoms with Crippen molar-refractivity contribution in [1.82, 2.24) is 0 Å². The van der Waals surface area contributed by atoms with E-state index in [1.54, 1.807) is 0 Å². The van der Waals surface area contributed by atoms with Crippen LogP contribution in [0.25, 0.3) is 0 Å². The summed E-state index contributed by atoms with van der Waals surface area (Å²) in [5.74, 6) is -2.89. The fraction of sp³-hybridized carbons (Fsp3) is 0. The van der Waals surface area contributed by atoms with Crippen molar-refractivity contribution >= 4 is 21.6 Å². The lowest BCUT2D eigenvalue weighted by Gasteiger charge is -2.11. The molecule has 0 saturated heterocycles. The SMILES string of the molecule is NC(=O)c1ccccc1NS(=O)(=O)c1cc(F)cc(F)c1. The Hall–Kier alpha value is -2.48. The molecule has 0 aliphatic rings. The van der Waals surface area contributed by atoms with Gasteiger partial charge in [-0.15, -0.1) is 0 Å². The van der Waals surface area contributed by atoms with Crippen LogP contribution >= 0.6 is 0 Å². The predicted octanol–water partition coefficient (Wildman–Crippen LogP) is 1.86. The fourth-order valence-corrected chi connectivity index (χ4v) is 2.80. The number of sulfonamides is 1. The average Bonchev–Trinajstić information content (AvgIpc) is 2.37. The van der Waals surface area contributed by atoms with Crippen molar-refractivity contribution in [2.45, 2.75) is 4.90 Å². The molecular weight excluding hydrogens is 302 g/mol. The summed E-state index contributed by atoms with van der Waals surface area (Å²) in [4.78, 5) is 10.6. The minimum atomic E-state index is -4.25. The van der Waals surface area contributed by atoms with Crippen LogP contribution in [0.3, 0.4) is 0 Å². The number of para-hydroxylation sites is 1. The number of hydrogen-bond donors (Lipinski definition) is 2. The summed E-state index contributed by atoms with van der Waals surface area (Å²) in [7, 11) is -4.25. The van der Waals surface area contributed by atoms with Crippen LogP contribution in [0, 0.1) is 11.6 Å². The maximum atomic E-state index is 13.1. The van der Waals surface area contributed by atoms with Gasteiger partial charge in [0, 0.05) is 6.07 Å². The van der Waals surface area contributed by atoms with Gasteiger partial charge in [-0.25, -0.2) is 17.2 Å². The Kier molecular flexibility index (Phi) is 3.90. The number of hydrogen-bond acceptors (Lipinski definition) is 3.